The maximum absolute atomic E-state index is 12.3. The van der Waals surface area contributed by atoms with E-state index in [2.05, 4.69) is 15.4 Å². The zero-order valence-electron chi connectivity index (χ0n) is 14.5. The SMILES string of the molecule is Cc1cc(NC(=O)CN2CCCCCC2CC(O)c2ccco2)on1. The predicted octanol–water partition coefficient (Wildman–Crippen LogP) is 2.88. The maximum Gasteiger partial charge on any atom is 0.240 e. The molecule has 2 aromatic rings. The molecule has 7 heteroatoms. The van der Waals surface area contributed by atoms with Crippen LogP contribution in [0.1, 0.15) is 49.7 Å². The van der Waals surface area contributed by atoms with E-state index in [9.17, 15) is 9.90 Å². The topological polar surface area (TPSA) is 91.7 Å². The van der Waals surface area contributed by atoms with Crippen molar-refractivity contribution in [3.63, 3.8) is 0 Å². The number of anilines is 1. The molecule has 2 unspecified atom stereocenters. The molecule has 2 N–H and O–H groups in total. The number of aromatic nitrogens is 1. The Bertz CT molecular complexity index is 668. The molecule has 0 saturated carbocycles. The molecule has 3 rings (SSSR count). The van der Waals surface area contributed by atoms with Gasteiger partial charge in [0.25, 0.3) is 0 Å². The molecule has 25 heavy (non-hydrogen) atoms. The molecular formula is C18H25N3O4. The van der Waals surface area contributed by atoms with Gasteiger partial charge in [0.05, 0.1) is 18.5 Å². The first kappa shape index (κ1) is 17.7. The number of hydrogen-bond acceptors (Lipinski definition) is 6. The third-order valence-corrected chi connectivity index (χ3v) is 4.60. The number of hydrogen-bond donors (Lipinski definition) is 2. The van der Waals surface area contributed by atoms with Crippen LogP contribution >= 0.6 is 0 Å². The van der Waals surface area contributed by atoms with Gasteiger partial charge in [-0.1, -0.05) is 18.0 Å². The highest BCUT2D eigenvalue weighted by atomic mass is 16.5. The molecule has 1 amide bonds. The van der Waals surface area contributed by atoms with E-state index in [4.69, 9.17) is 8.94 Å². The molecule has 7 nitrogen and oxygen atoms in total. The van der Waals surface area contributed by atoms with E-state index in [1.165, 1.54) is 0 Å². The molecule has 2 aromatic heterocycles. The first-order valence-corrected chi connectivity index (χ1v) is 8.80. The van der Waals surface area contributed by atoms with Crippen molar-refractivity contribution in [2.45, 2.75) is 51.2 Å². The summed E-state index contributed by atoms with van der Waals surface area (Å²) >= 11 is 0. The molecule has 1 aliphatic heterocycles. The number of nitrogens with zero attached hydrogens (tertiary/aromatic N) is 2. The van der Waals surface area contributed by atoms with Gasteiger partial charge in [-0.2, -0.15) is 0 Å². The lowest BCUT2D eigenvalue weighted by Gasteiger charge is -2.30. The minimum atomic E-state index is -0.652. The second kappa shape index (κ2) is 8.31. The van der Waals surface area contributed by atoms with Gasteiger partial charge in [-0.3, -0.25) is 15.0 Å². The van der Waals surface area contributed by atoms with Crippen molar-refractivity contribution in [1.29, 1.82) is 0 Å². The molecule has 0 aromatic carbocycles. The fourth-order valence-electron chi connectivity index (χ4n) is 3.35. The molecule has 0 aliphatic carbocycles. The highest BCUT2D eigenvalue weighted by Crippen LogP contribution is 2.26. The van der Waals surface area contributed by atoms with E-state index < -0.39 is 6.10 Å². The molecule has 0 bridgehead atoms. The summed E-state index contributed by atoms with van der Waals surface area (Å²) in [5, 5.41) is 16.9. The van der Waals surface area contributed by atoms with Crippen LogP contribution in [0.2, 0.25) is 0 Å². The molecule has 0 spiro atoms. The average molecular weight is 347 g/mol. The first-order chi connectivity index (χ1) is 12.1. The van der Waals surface area contributed by atoms with Gasteiger partial charge in [0.1, 0.15) is 11.9 Å². The number of aryl methyl sites for hydroxylation is 1. The van der Waals surface area contributed by atoms with Gasteiger partial charge in [-0.05, 0) is 44.9 Å². The van der Waals surface area contributed by atoms with Gasteiger partial charge < -0.3 is 14.0 Å². The summed E-state index contributed by atoms with van der Waals surface area (Å²) in [6, 6.07) is 5.39. The maximum atomic E-state index is 12.3. The average Bonchev–Trinajstić information content (AvgIpc) is 3.19. The number of aliphatic hydroxyl groups excluding tert-OH is 1. The highest BCUT2D eigenvalue weighted by molar-refractivity contribution is 5.91. The number of furan rings is 1. The van der Waals surface area contributed by atoms with Crippen molar-refractivity contribution in [2.75, 3.05) is 18.4 Å². The number of likely N-dealkylation sites (tertiary alicyclic amines) is 1. The largest absolute Gasteiger partial charge is 0.467 e. The molecule has 1 saturated heterocycles. The summed E-state index contributed by atoms with van der Waals surface area (Å²) in [5.41, 5.74) is 0.726. The monoisotopic (exact) mass is 347 g/mol. The third kappa shape index (κ3) is 4.93. The van der Waals surface area contributed by atoms with E-state index in [1.54, 1.807) is 31.4 Å². The summed E-state index contributed by atoms with van der Waals surface area (Å²) in [5.74, 6) is 0.811. The zero-order valence-corrected chi connectivity index (χ0v) is 14.5. The minimum absolute atomic E-state index is 0.129. The number of nitrogens with one attached hydrogen (secondary N) is 1. The van der Waals surface area contributed by atoms with Crippen LogP contribution in [-0.4, -0.2) is 40.2 Å². The van der Waals surface area contributed by atoms with Crippen LogP contribution < -0.4 is 5.32 Å². The molecule has 3 heterocycles. The van der Waals surface area contributed by atoms with Crippen LogP contribution in [0.3, 0.4) is 0 Å². The van der Waals surface area contributed by atoms with Crippen molar-refractivity contribution in [1.82, 2.24) is 10.1 Å². The van der Waals surface area contributed by atoms with Crippen molar-refractivity contribution in [3.05, 3.63) is 35.9 Å². The van der Waals surface area contributed by atoms with Gasteiger partial charge in [-0.25, -0.2) is 0 Å². The van der Waals surface area contributed by atoms with Crippen molar-refractivity contribution < 1.29 is 18.8 Å². The number of aliphatic hydroxyl groups is 1. The fraction of sp³-hybridized carbons (Fsp3) is 0.556. The first-order valence-electron chi connectivity index (χ1n) is 8.80. The number of amides is 1. The standard InChI is InChI=1S/C18H25N3O4/c1-13-10-18(25-20-13)19-17(23)12-21-8-4-2-3-6-14(21)11-15(22)16-7-5-9-24-16/h5,7,9-10,14-15,22H,2-4,6,8,11-12H2,1H3,(H,19,23). The lowest BCUT2D eigenvalue weighted by molar-refractivity contribution is -0.118. The van der Waals surface area contributed by atoms with E-state index in [0.29, 0.717) is 18.1 Å². The summed E-state index contributed by atoms with van der Waals surface area (Å²) in [6.07, 6.45) is 5.75. The number of carbonyl (C=O) groups excluding carboxylic acids is 1. The Morgan fingerprint density at radius 2 is 2.36 bits per heavy atom. The lowest BCUT2D eigenvalue weighted by Crippen LogP contribution is -2.41. The van der Waals surface area contributed by atoms with Gasteiger partial charge in [0.2, 0.25) is 11.8 Å². The molecular weight excluding hydrogens is 322 g/mol. The van der Waals surface area contributed by atoms with Crippen LogP contribution in [0.4, 0.5) is 5.88 Å². The molecule has 136 valence electrons. The molecule has 1 fully saturated rings. The van der Waals surface area contributed by atoms with Crippen LogP contribution in [0.25, 0.3) is 0 Å². The third-order valence-electron chi connectivity index (χ3n) is 4.60. The Morgan fingerprint density at radius 3 is 3.08 bits per heavy atom. The van der Waals surface area contributed by atoms with Gasteiger partial charge >= 0.3 is 0 Å². The quantitative estimate of drug-likeness (QED) is 0.835. The normalized spacial score (nSPS) is 20.2. The number of rotatable bonds is 6. The Kier molecular flexibility index (Phi) is 5.88. The Hall–Kier alpha value is -2.12. The minimum Gasteiger partial charge on any atom is -0.467 e. The zero-order chi connectivity index (χ0) is 17.6. The second-order valence-electron chi connectivity index (χ2n) is 6.62. The lowest BCUT2D eigenvalue weighted by atomic mass is 10.0. The Balaban J connectivity index is 1.60. The van der Waals surface area contributed by atoms with Crippen molar-refractivity contribution >= 4 is 11.8 Å². The van der Waals surface area contributed by atoms with Crippen LogP contribution in [-0.2, 0) is 4.79 Å². The summed E-state index contributed by atoms with van der Waals surface area (Å²) < 4.78 is 10.3. The summed E-state index contributed by atoms with van der Waals surface area (Å²) in [6.45, 7) is 2.92. The van der Waals surface area contributed by atoms with Gasteiger partial charge in [-0.15, -0.1) is 0 Å². The predicted molar refractivity (Wildman–Crippen MR) is 92.0 cm³/mol. The van der Waals surface area contributed by atoms with Crippen molar-refractivity contribution in [3.8, 4) is 0 Å². The fourth-order valence-corrected chi connectivity index (χ4v) is 3.35. The van der Waals surface area contributed by atoms with Gasteiger partial charge in [0, 0.05) is 12.1 Å². The number of carbonyl (C=O) groups is 1. The molecule has 2 atom stereocenters. The van der Waals surface area contributed by atoms with Crippen LogP contribution in [0, 0.1) is 6.92 Å². The van der Waals surface area contributed by atoms with E-state index in [0.717, 1.165) is 37.9 Å². The Labute approximate surface area is 147 Å². The van der Waals surface area contributed by atoms with Crippen LogP contribution in [0.15, 0.2) is 33.4 Å². The summed E-state index contributed by atoms with van der Waals surface area (Å²) in [4.78, 5) is 14.5. The van der Waals surface area contributed by atoms with Crippen LogP contribution in [0.5, 0.6) is 0 Å². The second-order valence-corrected chi connectivity index (χ2v) is 6.62. The van der Waals surface area contributed by atoms with Crippen molar-refractivity contribution in [2.24, 2.45) is 0 Å². The molecule has 0 radical (unpaired) electrons. The molecule has 1 aliphatic rings. The highest BCUT2D eigenvalue weighted by Gasteiger charge is 2.27. The van der Waals surface area contributed by atoms with E-state index in [-0.39, 0.29) is 18.5 Å². The van der Waals surface area contributed by atoms with Gasteiger partial charge in [0.15, 0.2) is 0 Å². The Morgan fingerprint density at radius 1 is 1.48 bits per heavy atom. The smallest absolute Gasteiger partial charge is 0.240 e. The van der Waals surface area contributed by atoms with E-state index >= 15 is 0 Å². The summed E-state index contributed by atoms with van der Waals surface area (Å²) in [7, 11) is 0. The van der Waals surface area contributed by atoms with E-state index in [1.807, 2.05) is 0 Å².